The first kappa shape index (κ1) is 18.3. The van der Waals surface area contributed by atoms with Gasteiger partial charge in [0.15, 0.2) is 12.6 Å². The maximum atomic E-state index is 10.8. The topological polar surface area (TPSA) is 102 Å². The first-order chi connectivity index (χ1) is 12.2. The molecule has 0 fully saturated rings. The zero-order chi connectivity index (χ0) is 17.9. The minimum Gasteiger partial charge on any atom is -0.484 e. The van der Waals surface area contributed by atoms with E-state index in [0.29, 0.717) is 24.8 Å². The number of aliphatic imine (C=N–C) groups is 1. The van der Waals surface area contributed by atoms with Gasteiger partial charge in [-0.25, -0.2) is 4.99 Å². The lowest BCUT2D eigenvalue weighted by atomic mass is 10.2. The molecular weight excluding hydrogens is 318 g/mol. The lowest BCUT2D eigenvalue weighted by molar-refractivity contribution is -0.119. The Balaban J connectivity index is 1.95. The van der Waals surface area contributed by atoms with Crippen molar-refractivity contribution in [3.63, 3.8) is 0 Å². The third-order valence-corrected chi connectivity index (χ3v) is 3.21. The van der Waals surface area contributed by atoms with Crippen LogP contribution < -0.4 is 21.1 Å². The SMILES string of the molecule is CCNC(=NCc1cccc(OCC(N)=O)c1)NCc1ccccn1. The number of nitrogens with zero attached hydrogens (tertiary/aromatic N) is 2. The summed E-state index contributed by atoms with van der Waals surface area (Å²) in [4.78, 5) is 19.6. The van der Waals surface area contributed by atoms with Crippen LogP contribution in [0.25, 0.3) is 0 Å². The Kier molecular flexibility index (Phi) is 7.24. The molecule has 0 saturated carbocycles. The van der Waals surface area contributed by atoms with Crippen molar-refractivity contribution >= 4 is 11.9 Å². The maximum Gasteiger partial charge on any atom is 0.255 e. The summed E-state index contributed by atoms with van der Waals surface area (Å²) in [6.07, 6.45) is 1.76. The number of pyridine rings is 1. The van der Waals surface area contributed by atoms with Crippen LogP contribution in [0.4, 0.5) is 0 Å². The molecule has 0 unspecified atom stereocenters. The average molecular weight is 341 g/mol. The molecule has 1 heterocycles. The van der Waals surface area contributed by atoms with Crippen molar-refractivity contribution in [1.82, 2.24) is 15.6 Å². The smallest absolute Gasteiger partial charge is 0.255 e. The molecule has 1 amide bonds. The van der Waals surface area contributed by atoms with Crippen LogP contribution in [0.5, 0.6) is 5.75 Å². The van der Waals surface area contributed by atoms with Crippen molar-refractivity contribution in [2.24, 2.45) is 10.7 Å². The predicted octanol–water partition coefficient (Wildman–Crippen LogP) is 1.20. The van der Waals surface area contributed by atoms with Crippen molar-refractivity contribution in [1.29, 1.82) is 0 Å². The van der Waals surface area contributed by atoms with Crippen LogP contribution in [0.2, 0.25) is 0 Å². The number of amides is 1. The molecule has 1 aromatic carbocycles. The molecule has 25 heavy (non-hydrogen) atoms. The Bertz CT molecular complexity index is 704. The number of nitrogens with one attached hydrogen (secondary N) is 2. The normalized spacial score (nSPS) is 11.0. The number of guanidine groups is 1. The Morgan fingerprint density at radius 2 is 2.12 bits per heavy atom. The first-order valence-electron chi connectivity index (χ1n) is 8.09. The number of rotatable bonds is 8. The van der Waals surface area contributed by atoms with Gasteiger partial charge in [0.2, 0.25) is 0 Å². The highest BCUT2D eigenvalue weighted by molar-refractivity contribution is 5.79. The van der Waals surface area contributed by atoms with E-state index in [1.54, 1.807) is 12.3 Å². The fourth-order valence-electron chi connectivity index (χ4n) is 2.08. The van der Waals surface area contributed by atoms with Gasteiger partial charge in [0, 0.05) is 12.7 Å². The summed E-state index contributed by atoms with van der Waals surface area (Å²) in [5, 5.41) is 6.44. The monoisotopic (exact) mass is 341 g/mol. The largest absolute Gasteiger partial charge is 0.484 e. The van der Waals surface area contributed by atoms with Crippen LogP contribution in [-0.2, 0) is 17.9 Å². The van der Waals surface area contributed by atoms with Crippen molar-refractivity contribution in [2.45, 2.75) is 20.0 Å². The van der Waals surface area contributed by atoms with Crippen molar-refractivity contribution in [2.75, 3.05) is 13.2 Å². The van der Waals surface area contributed by atoms with Crippen molar-refractivity contribution in [3.05, 3.63) is 59.9 Å². The van der Waals surface area contributed by atoms with Gasteiger partial charge in [-0.1, -0.05) is 18.2 Å². The molecule has 0 aliphatic heterocycles. The van der Waals surface area contributed by atoms with Gasteiger partial charge < -0.3 is 21.1 Å². The molecule has 0 aliphatic carbocycles. The second-order valence-electron chi connectivity index (χ2n) is 5.27. The lowest BCUT2D eigenvalue weighted by Crippen LogP contribution is -2.37. The van der Waals surface area contributed by atoms with E-state index in [1.165, 1.54) is 0 Å². The number of benzene rings is 1. The number of nitrogens with two attached hydrogens (primary N) is 1. The summed E-state index contributed by atoms with van der Waals surface area (Å²) in [5.41, 5.74) is 6.99. The molecule has 7 heteroatoms. The number of primary amides is 1. The van der Waals surface area contributed by atoms with E-state index in [-0.39, 0.29) is 6.61 Å². The van der Waals surface area contributed by atoms with E-state index < -0.39 is 5.91 Å². The molecule has 132 valence electrons. The van der Waals surface area contributed by atoms with Gasteiger partial charge in [0.1, 0.15) is 5.75 Å². The Morgan fingerprint density at radius 1 is 1.24 bits per heavy atom. The highest BCUT2D eigenvalue weighted by atomic mass is 16.5. The summed E-state index contributed by atoms with van der Waals surface area (Å²) in [6, 6.07) is 13.2. The lowest BCUT2D eigenvalue weighted by Gasteiger charge is -2.11. The molecule has 0 spiro atoms. The van der Waals surface area contributed by atoms with Gasteiger partial charge in [-0.15, -0.1) is 0 Å². The summed E-state index contributed by atoms with van der Waals surface area (Å²) in [6.45, 7) is 3.70. The Morgan fingerprint density at radius 3 is 2.84 bits per heavy atom. The number of hydrogen-bond acceptors (Lipinski definition) is 4. The van der Waals surface area contributed by atoms with Gasteiger partial charge in [-0.3, -0.25) is 9.78 Å². The van der Waals surface area contributed by atoms with Crippen LogP contribution in [0, 0.1) is 0 Å². The van der Waals surface area contributed by atoms with Crippen molar-refractivity contribution < 1.29 is 9.53 Å². The first-order valence-corrected chi connectivity index (χ1v) is 8.09. The number of ether oxygens (including phenoxy) is 1. The number of hydrogen-bond donors (Lipinski definition) is 3. The van der Waals surface area contributed by atoms with Crippen LogP contribution in [0.3, 0.4) is 0 Å². The van der Waals surface area contributed by atoms with E-state index in [1.807, 2.05) is 43.3 Å². The summed E-state index contributed by atoms with van der Waals surface area (Å²) in [5.74, 6) is 0.797. The van der Waals surface area contributed by atoms with Crippen LogP contribution >= 0.6 is 0 Å². The highest BCUT2D eigenvalue weighted by Gasteiger charge is 2.01. The molecule has 2 rings (SSSR count). The van der Waals surface area contributed by atoms with E-state index in [0.717, 1.165) is 17.8 Å². The standard InChI is InChI=1S/C18H23N5O2/c1-2-20-18(23-12-15-7-3-4-9-21-15)22-11-14-6-5-8-16(10-14)25-13-17(19)24/h3-10H,2,11-13H2,1H3,(H2,19,24)(H2,20,22,23). The minimum absolute atomic E-state index is 0.138. The van der Waals surface area contributed by atoms with E-state index >= 15 is 0 Å². The Labute approximate surface area is 147 Å². The quantitative estimate of drug-likeness (QED) is 0.495. The predicted molar refractivity (Wildman–Crippen MR) is 97.0 cm³/mol. The second kappa shape index (κ2) is 9.92. The molecule has 0 radical (unpaired) electrons. The van der Waals surface area contributed by atoms with Crippen molar-refractivity contribution in [3.8, 4) is 5.75 Å². The molecule has 0 aliphatic rings. The van der Waals surface area contributed by atoms with E-state index in [9.17, 15) is 4.79 Å². The summed E-state index contributed by atoms with van der Waals surface area (Å²) >= 11 is 0. The van der Waals surface area contributed by atoms with Gasteiger partial charge in [-0.05, 0) is 36.8 Å². The van der Waals surface area contributed by atoms with Gasteiger partial charge >= 0.3 is 0 Å². The molecule has 0 atom stereocenters. The summed E-state index contributed by atoms with van der Waals surface area (Å²) in [7, 11) is 0. The molecule has 0 bridgehead atoms. The van der Waals surface area contributed by atoms with E-state index in [2.05, 4.69) is 20.6 Å². The second-order valence-corrected chi connectivity index (χ2v) is 5.27. The minimum atomic E-state index is -0.503. The molecule has 7 nitrogen and oxygen atoms in total. The zero-order valence-electron chi connectivity index (χ0n) is 14.2. The number of carbonyl (C=O) groups is 1. The third-order valence-electron chi connectivity index (χ3n) is 3.21. The van der Waals surface area contributed by atoms with Gasteiger partial charge in [-0.2, -0.15) is 0 Å². The van der Waals surface area contributed by atoms with Gasteiger partial charge in [0.25, 0.3) is 5.91 Å². The van der Waals surface area contributed by atoms with Gasteiger partial charge in [0.05, 0.1) is 18.8 Å². The van der Waals surface area contributed by atoms with Crippen LogP contribution in [-0.4, -0.2) is 30.0 Å². The maximum absolute atomic E-state index is 10.8. The van der Waals surface area contributed by atoms with Crippen LogP contribution in [0.15, 0.2) is 53.7 Å². The molecule has 0 saturated heterocycles. The molecular formula is C18H23N5O2. The highest BCUT2D eigenvalue weighted by Crippen LogP contribution is 2.13. The fourth-order valence-corrected chi connectivity index (χ4v) is 2.08. The Hall–Kier alpha value is -3.09. The molecule has 1 aromatic heterocycles. The van der Waals surface area contributed by atoms with E-state index in [4.69, 9.17) is 10.5 Å². The average Bonchev–Trinajstić information content (AvgIpc) is 2.63. The molecule has 2 aromatic rings. The fraction of sp³-hybridized carbons (Fsp3) is 0.278. The molecule has 4 N–H and O–H groups in total. The third kappa shape index (κ3) is 6.90. The number of aromatic nitrogens is 1. The van der Waals surface area contributed by atoms with Crippen LogP contribution in [0.1, 0.15) is 18.2 Å². The summed E-state index contributed by atoms with van der Waals surface area (Å²) < 4.78 is 5.31. The number of carbonyl (C=O) groups excluding carboxylic acids is 1. The zero-order valence-corrected chi connectivity index (χ0v) is 14.2.